The number of hydrogen-bond donors (Lipinski definition) is 1. The van der Waals surface area contributed by atoms with Gasteiger partial charge in [0.05, 0.1) is 18.1 Å². The Hall–Kier alpha value is -2.40. The maximum Gasteiger partial charge on any atom is 0.414 e. The molecule has 1 saturated heterocycles. The molecule has 0 spiro atoms. The molecule has 24 heavy (non-hydrogen) atoms. The average molecular weight is 343 g/mol. The van der Waals surface area contributed by atoms with Gasteiger partial charge in [-0.25, -0.2) is 4.79 Å². The minimum Gasteiger partial charge on any atom is -0.442 e. The smallest absolute Gasteiger partial charge is 0.414 e. The van der Waals surface area contributed by atoms with E-state index in [2.05, 4.69) is 30.4 Å². The van der Waals surface area contributed by atoms with Gasteiger partial charge in [0.25, 0.3) is 0 Å². The van der Waals surface area contributed by atoms with Crippen molar-refractivity contribution in [3.8, 4) is 11.1 Å². The van der Waals surface area contributed by atoms with Gasteiger partial charge in [-0.3, -0.25) is 4.90 Å². The zero-order chi connectivity index (χ0) is 17.1. The molecule has 1 N–H and O–H groups in total. The van der Waals surface area contributed by atoms with Crippen LogP contribution in [0.2, 0.25) is 0 Å². The van der Waals surface area contributed by atoms with Gasteiger partial charge in [0.2, 0.25) is 0 Å². The average Bonchev–Trinajstić information content (AvgIpc) is 2.94. The van der Waals surface area contributed by atoms with E-state index < -0.39 is 0 Å². The van der Waals surface area contributed by atoms with Crippen LogP contribution in [0.3, 0.4) is 0 Å². The number of nitrogens with zero attached hydrogens (tertiary/aromatic N) is 1. The van der Waals surface area contributed by atoms with Gasteiger partial charge in [0, 0.05) is 5.69 Å². The molecular weight excluding hydrogens is 323 g/mol. The fourth-order valence-corrected chi connectivity index (χ4v) is 2.94. The number of aryl methyl sites for hydroxylation is 1. The molecule has 1 aliphatic rings. The van der Waals surface area contributed by atoms with E-state index in [1.807, 2.05) is 37.3 Å². The van der Waals surface area contributed by atoms with E-state index in [-0.39, 0.29) is 12.2 Å². The van der Waals surface area contributed by atoms with Crippen molar-refractivity contribution in [2.45, 2.75) is 20.0 Å². The summed E-state index contributed by atoms with van der Waals surface area (Å²) in [6.45, 7) is 4.94. The number of thiocarbonyl (C=S) groups is 1. The first-order valence-corrected chi connectivity index (χ1v) is 8.34. The summed E-state index contributed by atoms with van der Waals surface area (Å²) < 4.78 is 5.40. The minimum absolute atomic E-state index is 0.190. The second kappa shape index (κ2) is 7.01. The van der Waals surface area contributed by atoms with Crippen LogP contribution in [0.5, 0.6) is 0 Å². The Morgan fingerprint density at radius 2 is 2.04 bits per heavy atom. The van der Waals surface area contributed by atoms with Crippen LogP contribution in [0.15, 0.2) is 48.5 Å². The van der Waals surface area contributed by atoms with Crippen LogP contribution < -0.4 is 10.2 Å². The fourth-order valence-electron chi connectivity index (χ4n) is 2.85. The van der Waals surface area contributed by atoms with Crippen LogP contribution >= 0.6 is 12.2 Å². The van der Waals surface area contributed by atoms with E-state index in [9.17, 15) is 4.79 Å². The third kappa shape index (κ3) is 3.57. The molecule has 3 rings (SSSR count). The lowest BCUT2D eigenvalue weighted by molar-refractivity contribution is 0.143. The molecular formula is C19H20N2O2S. The lowest BCUT2D eigenvalue weighted by Crippen LogP contribution is -2.32. The molecule has 0 unspecified atom stereocenters. The predicted octanol–water partition coefficient (Wildman–Crippen LogP) is 3.92. The summed E-state index contributed by atoms with van der Waals surface area (Å²) in [6, 6.07) is 16.3. The van der Waals surface area contributed by atoms with Crippen molar-refractivity contribution >= 4 is 29.0 Å². The zero-order valence-electron chi connectivity index (χ0n) is 13.8. The summed E-state index contributed by atoms with van der Waals surface area (Å²) >= 11 is 5.00. The Balaban J connectivity index is 1.77. The van der Waals surface area contributed by atoms with Gasteiger partial charge in [0.1, 0.15) is 6.10 Å². The van der Waals surface area contributed by atoms with Crippen molar-refractivity contribution in [1.82, 2.24) is 5.32 Å². The van der Waals surface area contributed by atoms with Gasteiger partial charge in [-0.15, -0.1) is 0 Å². The van der Waals surface area contributed by atoms with E-state index in [4.69, 9.17) is 17.0 Å². The number of cyclic esters (lactones) is 1. The van der Waals surface area contributed by atoms with Gasteiger partial charge in [-0.1, -0.05) is 48.6 Å². The largest absolute Gasteiger partial charge is 0.442 e. The SMILES string of the molecule is CC(=[35S])NC[C@H]1CN(c2ccc(-c3ccccc3)c(C)c2)C(=O)O1. The number of rotatable bonds is 4. The molecule has 1 amide bonds. The number of anilines is 1. The van der Waals surface area contributed by atoms with Crippen LogP contribution in [0.4, 0.5) is 10.5 Å². The Bertz CT molecular complexity index is 761. The van der Waals surface area contributed by atoms with E-state index in [1.165, 1.54) is 11.1 Å². The van der Waals surface area contributed by atoms with Crippen LogP contribution in [-0.4, -0.2) is 30.3 Å². The summed E-state index contributed by atoms with van der Waals surface area (Å²) in [5, 5.41) is 3.05. The molecule has 0 aliphatic carbocycles. The zero-order valence-corrected chi connectivity index (χ0v) is 14.6. The van der Waals surface area contributed by atoms with Gasteiger partial charge in [-0.2, -0.15) is 0 Å². The maximum absolute atomic E-state index is 12.1. The summed E-state index contributed by atoms with van der Waals surface area (Å²) in [4.78, 5) is 14.5. The predicted molar refractivity (Wildman–Crippen MR) is 101 cm³/mol. The molecule has 0 aromatic heterocycles. The van der Waals surface area contributed by atoms with Gasteiger partial charge < -0.3 is 10.1 Å². The van der Waals surface area contributed by atoms with Gasteiger partial charge in [0.15, 0.2) is 0 Å². The number of hydrogen-bond acceptors (Lipinski definition) is 3. The number of carbonyl (C=O) groups is 1. The highest BCUT2D eigenvalue weighted by Crippen LogP contribution is 2.29. The monoisotopic (exact) mass is 343 g/mol. The minimum atomic E-state index is -0.310. The van der Waals surface area contributed by atoms with Gasteiger partial charge >= 0.3 is 6.09 Å². The molecule has 0 saturated carbocycles. The van der Waals surface area contributed by atoms with Crippen LogP contribution in [0.25, 0.3) is 11.1 Å². The Labute approximate surface area is 147 Å². The second-order valence-electron chi connectivity index (χ2n) is 5.92. The summed E-state index contributed by atoms with van der Waals surface area (Å²) in [5.74, 6) is 0. The molecule has 2 aromatic carbocycles. The fraction of sp³-hybridized carbons (Fsp3) is 0.263. The lowest BCUT2D eigenvalue weighted by atomic mass is 10.00. The third-order valence-corrected chi connectivity index (χ3v) is 4.20. The number of carbonyl (C=O) groups excluding carboxylic acids is 1. The van der Waals surface area contributed by atoms with E-state index in [0.717, 1.165) is 11.3 Å². The molecule has 4 nitrogen and oxygen atoms in total. The summed E-state index contributed by atoms with van der Waals surface area (Å²) in [5.41, 5.74) is 4.33. The van der Waals surface area contributed by atoms with Crippen LogP contribution in [-0.2, 0) is 4.74 Å². The normalized spacial score (nSPS) is 16.8. The first kappa shape index (κ1) is 16.5. The first-order valence-electron chi connectivity index (χ1n) is 7.93. The summed E-state index contributed by atoms with van der Waals surface area (Å²) in [6.07, 6.45) is -0.500. The first-order chi connectivity index (χ1) is 11.5. The number of nitrogens with one attached hydrogen (secondary N) is 1. The molecule has 1 heterocycles. The molecule has 1 atom stereocenters. The Morgan fingerprint density at radius 1 is 1.29 bits per heavy atom. The van der Waals surface area contributed by atoms with Crippen molar-refractivity contribution in [2.75, 3.05) is 18.0 Å². The number of ether oxygens (including phenoxy) is 1. The molecule has 0 radical (unpaired) electrons. The van der Waals surface area contributed by atoms with E-state index >= 15 is 0 Å². The molecule has 124 valence electrons. The Morgan fingerprint density at radius 3 is 2.71 bits per heavy atom. The van der Waals surface area contributed by atoms with Gasteiger partial charge in [-0.05, 0) is 42.7 Å². The molecule has 2 aromatic rings. The second-order valence-corrected chi connectivity index (χ2v) is 6.53. The quantitative estimate of drug-likeness (QED) is 0.855. The third-order valence-electron chi connectivity index (χ3n) is 4.06. The molecule has 0 bridgehead atoms. The van der Waals surface area contributed by atoms with Crippen LogP contribution in [0, 0.1) is 6.92 Å². The highest BCUT2D eigenvalue weighted by atomic mass is 35.0. The van der Waals surface area contributed by atoms with E-state index in [1.54, 1.807) is 4.90 Å². The standard InChI is InChI=1S/C19H20N2O2S/c1-13-10-16(8-9-18(13)15-6-4-3-5-7-15)21-12-17(23-19(21)22)11-20-14(2)24/h3-10,17H,11-12H2,1-2H3,(H,20,24)/t17-/m0/s1/i24+3. The van der Waals surface area contributed by atoms with E-state index in [0.29, 0.717) is 18.1 Å². The van der Waals surface area contributed by atoms with Crippen molar-refractivity contribution in [2.24, 2.45) is 0 Å². The van der Waals surface area contributed by atoms with Crippen molar-refractivity contribution in [3.05, 3.63) is 54.1 Å². The topological polar surface area (TPSA) is 41.6 Å². The van der Waals surface area contributed by atoms with Crippen molar-refractivity contribution < 1.29 is 9.53 Å². The van der Waals surface area contributed by atoms with Crippen molar-refractivity contribution in [3.63, 3.8) is 0 Å². The lowest BCUT2D eigenvalue weighted by Gasteiger charge is -2.16. The number of benzene rings is 2. The summed E-state index contributed by atoms with van der Waals surface area (Å²) in [7, 11) is 0. The highest BCUT2D eigenvalue weighted by molar-refractivity contribution is 7.80. The Kier molecular flexibility index (Phi) is 4.81. The van der Waals surface area contributed by atoms with Crippen LogP contribution in [0.1, 0.15) is 12.5 Å². The number of amides is 1. The molecule has 5 heteroatoms. The molecule has 1 fully saturated rings. The van der Waals surface area contributed by atoms with Crippen molar-refractivity contribution in [1.29, 1.82) is 0 Å². The maximum atomic E-state index is 12.1. The highest BCUT2D eigenvalue weighted by Gasteiger charge is 2.32. The molecule has 1 aliphatic heterocycles.